The molecule has 0 spiro atoms. The summed E-state index contributed by atoms with van der Waals surface area (Å²) in [6.45, 7) is 1.49. The molecule has 0 radical (unpaired) electrons. The van der Waals surface area contributed by atoms with Crippen molar-refractivity contribution in [1.29, 1.82) is 0 Å². The minimum absolute atomic E-state index is 0.100. The molecular weight excluding hydrogens is 260 g/mol. The lowest BCUT2D eigenvalue weighted by Gasteiger charge is -2.19. The smallest absolute Gasteiger partial charge is 0.408 e. The summed E-state index contributed by atoms with van der Waals surface area (Å²) in [4.78, 5) is 22.9. The molecule has 1 saturated heterocycles. The molecule has 0 aromatic heterocycles. The lowest BCUT2D eigenvalue weighted by molar-refractivity contribution is -0.140. The first-order valence-corrected chi connectivity index (χ1v) is 6.57. The predicted molar refractivity (Wildman–Crippen MR) is 72.2 cm³/mol. The van der Waals surface area contributed by atoms with Gasteiger partial charge < -0.3 is 20.5 Å². The summed E-state index contributed by atoms with van der Waals surface area (Å²) in [5.41, 5.74) is 0.858. The van der Waals surface area contributed by atoms with Crippen LogP contribution in [0.3, 0.4) is 0 Å². The SMILES string of the molecule is O=C(NC(C(=O)O)C1CCNC1)OCc1ccccc1. The fraction of sp³-hybridized carbons (Fsp3) is 0.429. The molecule has 1 amide bonds. The maximum atomic E-state index is 11.7. The van der Waals surface area contributed by atoms with Crippen LogP contribution in [0.25, 0.3) is 0 Å². The van der Waals surface area contributed by atoms with Crippen LogP contribution in [-0.4, -0.2) is 36.3 Å². The Bertz CT molecular complexity index is 458. The molecule has 1 heterocycles. The Balaban J connectivity index is 1.84. The maximum Gasteiger partial charge on any atom is 0.408 e. The Morgan fingerprint density at radius 3 is 2.75 bits per heavy atom. The lowest BCUT2D eigenvalue weighted by Crippen LogP contribution is -2.46. The summed E-state index contributed by atoms with van der Waals surface area (Å²) in [7, 11) is 0. The van der Waals surface area contributed by atoms with Crippen molar-refractivity contribution < 1.29 is 19.4 Å². The molecule has 1 aromatic rings. The highest BCUT2D eigenvalue weighted by molar-refractivity contribution is 5.80. The molecule has 1 aliphatic heterocycles. The molecule has 1 aromatic carbocycles. The van der Waals surface area contributed by atoms with E-state index in [4.69, 9.17) is 9.84 Å². The first kappa shape index (κ1) is 14.3. The van der Waals surface area contributed by atoms with Gasteiger partial charge in [0, 0.05) is 12.5 Å². The average Bonchev–Trinajstić information content (AvgIpc) is 2.97. The number of aliphatic carboxylic acids is 1. The third kappa shape index (κ3) is 3.96. The largest absolute Gasteiger partial charge is 0.480 e. The number of benzene rings is 1. The van der Waals surface area contributed by atoms with Gasteiger partial charge in [-0.05, 0) is 18.5 Å². The van der Waals surface area contributed by atoms with Crippen molar-refractivity contribution in [2.24, 2.45) is 5.92 Å². The zero-order chi connectivity index (χ0) is 14.4. The highest BCUT2D eigenvalue weighted by Crippen LogP contribution is 2.13. The van der Waals surface area contributed by atoms with Crippen molar-refractivity contribution in [2.45, 2.75) is 19.1 Å². The molecule has 2 atom stereocenters. The number of alkyl carbamates (subject to hydrolysis) is 1. The van der Waals surface area contributed by atoms with Gasteiger partial charge in [-0.3, -0.25) is 0 Å². The average molecular weight is 278 g/mol. The number of carbonyl (C=O) groups excluding carboxylic acids is 1. The molecule has 2 rings (SSSR count). The molecule has 108 valence electrons. The van der Waals surface area contributed by atoms with Crippen LogP contribution in [0.4, 0.5) is 4.79 Å². The number of hydrogen-bond donors (Lipinski definition) is 3. The Hall–Kier alpha value is -2.08. The van der Waals surface area contributed by atoms with Crippen LogP contribution in [0, 0.1) is 5.92 Å². The van der Waals surface area contributed by atoms with Crippen molar-refractivity contribution in [3.05, 3.63) is 35.9 Å². The topological polar surface area (TPSA) is 87.7 Å². The van der Waals surface area contributed by atoms with E-state index in [-0.39, 0.29) is 12.5 Å². The Morgan fingerprint density at radius 1 is 1.40 bits per heavy atom. The molecule has 0 aliphatic carbocycles. The van der Waals surface area contributed by atoms with Gasteiger partial charge >= 0.3 is 12.1 Å². The van der Waals surface area contributed by atoms with Gasteiger partial charge in [-0.15, -0.1) is 0 Å². The highest BCUT2D eigenvalue weighted by atomic mass is 16.5. The number of carboxylic acid groups (broad SMARTS) is 1. The summed E-state index contributed by atoms with van der Waals surface area (Å²) in [6, 6.07) is 8.33. The zero-order valence-electron chi connectivity index (χ0n) is 11.0. The monoisotopic (exact) mass is 278 g/mol. The lowest BCUT2D eigenvalue weighted by atomic mass is 9.99. The van der Waals surface area contributed by atoms with Gasteiger partial charge in [0.05, 0.1) is 0 Å². The van der Waals surface area contributed by atoms with Crippen molar-refractivity contribution in [3.63, 3.8) is 0 Å². The molecule has 2 unspecified atom stereocenters. The molecule has 0 bridgehead atoms. The van der Waals surface area contributed by atoms with Crippen LogP contribution in [0.5, 0.6) is 0 Å². The van der Waals surface area contributed by atoms with E-state index < -0.39 is 18.1 Å². The summed E-state index contributed by atoms with van der Waals surface area (Å²) < 4.78 is 5.03. The molecule has 3 N–H and O–H groups in total. The first-order valence-electron chi connectivity index (χ1n) is 6.57. The molecule has 20 heavy (non-hydrogen) atoms. The second-order valence-electron chi connectivity index (χ2n) is 4.77. The zero-order valence-corrected chi connectivity index (χ0v) is 11.0. The number of nitrogens with one attached hydrogen (secondary N) is 2. The maximum absolute atomic E-state index is 11.7. The normalized spacial score (nSPS) is 19.3. The quantitative estimate of drug-likeness (QED) is 0.747. The van der Waals surface area contributed by atoms with E-state index in [1.807, 2.05) is 30.3 Å². The third-order valence-corrected chi connectivity index (χ3v) is 3.32. The van der Waals surface area contributed by atoms with Gasteiger partial charge in [-0.1, -0.05) is 30.3 Å². The minimum atomic E-state index is -1.03. The third-order valence-electron chi connectivity index (χ3n) is 3.32. The van der Waals surface area contributed by atoms with Crippen molar-refractivity contribution in [2.75, 3.05) is 13.1 Å². The molecular formula is C14H18N2O4. The second kappa shape index (κ2) is 6.91. The fourth-order valence-corrected chi connectivity index (χ4v) is 2.23. The van der Waals surface area contributed by atoms with E-state index in [1.54, 1.807) is 0 Å². The van der Waals surface area contributed by atoms with E-state index >= 15 is 0 Å². The summed E-state index contributed by atoms with van der Waals surface area (Å²) in [6.07, 6.45) is 0.0313. The predicted octanol–water partition coefficient (Wildman–Crippen LogP) is 0.975. The first-order chi connectivity index (χ1) is 9.66. The minimum Gasteiger partial charge on any atom is -0.480 e. The van der Waals surface area contributed by atoms with Crippen LogP contribution < -0.4 is 10.6 Å². The van der Waals surface area contributed by atoms with Crippen molar-refractivity contribution in [3.8, 4) is 0 Å². The van der Waals surface area contributed by atoms with Crippen LogP contribution in [0.1, 0.15) is 12.0 Å². The van der Waals surface area contributed by atoms with Crippen LogP contribution in [0.2, 0.25) is 0 Å². The summed E-state index contributed by atoms with van der Waals surface area (Å²) in [5, 5.41) is 14.7. The molecule has 1 aliphatic rings. The van der Waals surface area contributed by atoms with Gasteiger partial charge in [-0.25, -0.2) is 9.59 Å². The van der Waals surface area contributed by atoms with Crippen LogP contribution >= 0.6 is 0 Å². The van der Waals surface area contributed by atoms with E-state index in [9.17, 15) is 9.59 Å². The van der Waals surface area contributed by atoms with Crippen LogP contribution in [-0.2, 0) is 16.1 Å². The fourth-order valence-electron chi connectivity index (χ4n) is 2.23. The second-order valence-corrected chi connectivity index (χ2v) is 4.77. The van der Waals surface area contributed by atoms with E-state index in [1.165, 1.54) is 0 Å². The molecule has 1 fully saturated rings. The van der Waals surface area contributed by atoms with E-state index in [0.717, 1.165) is 18.5 Å². The van der Waals surface area contributed by atoms with Gasteiger partial charge in [-0.2, -0.15) is 0 Å². The number of hydrogen-bond acceptors (Lipinski definition) is 4. The highest BCUT2D eigenvalue weighted by Gasteiger charge is 2.32. The Morgan fingerprint density at radius 2 is 2.15 bits per heavy atom. The molecule has 0 saturated carbocycles. The molecule has 6 nitrogen and oxygen atoms in total. The standard InChI is InChI=1S/C14H18N2O4/c17-13(18)12(11-6-7-15-8-11)16-14(19)20-9-10-4-2-1-3-5-10/h1-5,11-12,15H,6-9H2,(H,16,19)(H,17,18). The van der Waals surface area contributed by atoms with Gasteiger partial charge in [0.1, 0.15) is 12.6 Å². The number of ether oxygens (including phenoxy) is 1. The number of amides is 1. The number of carboxylic acids is 1. The van der Waals surface area contributed by atoms with E-state index in [0.29, 0.717) is 6.54 Å². The van der Waals surface area contributed by atoms with Gasteiger partial charge in [0.15, 0.2) is 0 Å². The Kier molecular flexibility index (Phi) is 4.95. The summed E-state index contributed by atoms with van der Waals surface area (Å²) in [5.74, 6) is -1.13. The van der Waals surface area contributed by atoms with Gasteiger partial charge in [0.25, 0.3) is 0 Å². The Labute approximate surface area is 117 Å². The molecule has 6 heteroatoms. The van der Waals surface area contributed by atoms with E-state index in [2.05, 4.69) is 10.6 Å². The van der Waals surface area contributed by atoms with Crippen LogP contribution in [0.15, 0.2) is 30.3 Å². The van der Waals surface area contributed by atoms with Crippen molar-refractivity contribution >= 4 is 12.1 Å². The summed E-state index contributed by atoms with van der Waals surface area (Å²) >= 11 is 0. The van der Waals surface area contributed by atoms with Gasteiger partial charge in [0.2, 0.25) is 0 Å². The van der Waals surface area contributed by atoms with Crippen molar-refractivity contribution in [1.82, 2.24) is 10.6 Å². The number of carbonyl (C=O) groups is 2. The number of rotatable bonds is 5.